The van der Waals surface area contributed by atoms with Crippen molar-refractivity contribution in [2.75, 3.05) is 26.7 Å². The van der Waals surface area contributed by atoms with E-state index in [1.807, 2.05) is 13.2 Å². The molecule has 0 saturated carbocycles. The second-order valence-electron chi connectivity index (χ2n) is 6.40. The molecule has 3 rings (SSSR count). The Kier molecular flexibility index (Phi) is 6.89. The first-order chi connectivity index (χ1) is 11.2. The van der Waals surface area contributed by atoms with Gasteiger partial charge in [0.1, 0.15) is 5.82 Å². The molecule has 4 nitrogen and oxygen atoms in total. The summed E-state index contributed by atoms with van der Waals surface area (Å²) in [5, 5.41) is 4.41. The number of benzene rings is 1. The molecule has 0 radical (unpaired) electrons. The van der Waals surface area contributed by atoms with Gasteiger partial charge in [-0.3, -0.25) is 4.99 Å². The molecule has 0 atom stereocenters. The first-order valence-electron chi connectivity index (χ1n) is 8.38. The fraction of sp³-hybridized carbons (Fsp3) is 0.500. The van der Waals surface area contributed by atoms with Gasteiger partial charge in [0.05, 0.1) is 0 Å². The zero-order valence-corrected chi connectivity index (χ0v) is 16.6. The van der Waals surface area contributed by atoms with E-state index >= 15 is 0 Å². The highest BCUT2D eigenvalue weighted by atomic mass is 127. The third-order valence-corrected chi connectivity index (χ3v) is 4.70. The van der Waals surface area contributed by atoms with E-state index < -0.39 is 0 Å². The second-order valence-corrected chi connectivity index (χ2v) is 6.40. The minimum atomic E-state index is -0.190. The standard InChI is InChI=1S/C18H25FN4.HI/c1-13-6-9-23(10-7-13)18(20-2)21-8-5-14-12-22-17-4-3-15(19)11-16(14)17;/h3-4,11-13,22H,5-10H2,1-2H3,(H,20,21);1H. The highest BCUT2D eigenvalue weighted by Crippen LogP contribution is 2.20. The zero-order valence-electron chi connectivity index (χ0n) is 14.3. The largest absolute Gasteiger partial charge is 0.361 e. The third-order valence-electron chi connectivity index (χ3n) is 4.70. The molecule has 2 N–H and O–H groups in total. The molecule has 1 aliphatic heterocycles. The fourth-order valence-corrected chi connectivity index (χ4v) is 3.22. The number of hydrogen-bond acceptors (Lipinski definition) is 1. The number of piperidine rings is 1. The Balaban J connectivity index is 0.00000208. The highest BCUT2D eigenvalue weighted by molar-refractivity contribution is 14.0. The predicted molar refractivity (Wildman–Crippen MR) is 109 cm³/mol. The molecule has 24 heavy (non-hydrogen) atoms. The summed E-state index contributed by atoms with van der Waals surface area (Å²) in [6.45, 7) is 5.24. The minimum absolute atomic E-state index is 0. The van der Waals surface area contributed by atoms with Gasteiger partial charge >= 0.3 is 0 Å². The van der Waals surface area contributed by atoms with Crippen molar-refractivity contribution in [2.24, 2.45) is 10.9 Å². The average molecular weight is 444 g/mol. The van der Waals surface area contributed by atoms with Crippen LogP contribution in [-0.2, 0) is 6.42 Å². The molecule has 0 aliphatic carbocycles. The van der Waals surface area contributed by atoms with Gasteiger partial charge < -0.3 is 15.2 Å². The number of fused-ring (bicyclic) bond motifs is 1. The number of guanidine groups is 1. The van der Waals surface area contributed by atoms with Crippen molar-refractivity contribution in [3.05, 3.63) is 35.8 Å². The van der Waals surface area contributed by atoms with E-state index in [9.17, 15) is 4.39 Å². The summed E-state index contributed by atoms with van der Waals surface area (Å²) in [4.78, 5) is 9.92. The van der Waals surface area contributed by atoms with Crippen LogP contribution in [0.1, 0.15) is 25.3 Å². The number of hydrogen-bond donors (Lipinski definition) is 2. The van der Waals surface area contributed by atoms with E-state index in [-0.39, 0.29) is 29.8 Å². The van der Waals surface area contributed by atoms with Gasteiger partial charge in [0.2, 0.25) is 0 Å². The zero-order chi connectivity index (χ0) is 16.2. The van der Waals surface area contributed by atoms with Crippen LogP contribution in [0.4, 0.5) is 4.39 Å². The maximum atomic E-state index is 13.4. The number of nitrogens with zero attached hydrogens (tertiary/aromatic N) is 2. The van der Waals surface area contributed by atoms with Crippen LogP contribution in [-0.4, -0.2) is 42.5 Å². The van der Waals surface area contributed by atoms with Gasteiger partial charge in [-0.15, -0.1) is 24.0 Å². The molecule has 1 aliphatic rings. The van der Waals surface area contributed by atoms with Crippen LogP contribution >= 0.6 is 24.0 Å². The van der Waals surface area contributed by atoms with Gasteiger partial charge in [0.15, 0.2) is 5.96 Å². The number of H-pyrrole nitrogens is 1. The van der Waals surface area contributed by atoms with Gasteiger partial charge in [-0.1, -0.05) is 6.92 Å². The monoisotopic (exact) mass is 444 g/mol. The van der Waals surface area contributed by atoms with Crippen LogP contribution in [0, 0.1) is 11.7 Å². The number of aromatic amines is 1. The van der Waals surface area contributed by atoms with Crippen molar-refractivity contribution in [3.8, 4) is 0 Å². The van der Waals surface area contributed by atoms with E-state index in [2.05, 4.69) is 27.1 Å². The molecule has 0 spiro atoms. The van der Waals surface area contributed by atoms with E-state index in [0.29, 0.717) is 0 Å². The van der Waals surface area contributed by atoms with Crippen LogP contribution in [0.5, 0.6) is 0 Å². The first kappa shape index (κ1) is 19.0. The molecule has 2 heterocycles. The molecule has 0 bridgehead atoms. The summed E-state index contributed by atoms with van der Waals surface area (Å²) >= 11 is 0. The molecule has 6 heteroatoms. The van der Waals surface area contributed by atoms with Crippen LogP contribution in [0.3, 0.4) is 0 Å². The first-order valence-corrected chi connectivity index (χ1v) is 8.38. The van der Waals surface area contributed by atoms with E-state index in [4.69, 9.17) is 0 Å². The summed E-state index contributed by atoms with van der Waals surface area (Å²) in [6.07, 6.45) is 5.26. The van der Waals surface area contributed by atoms with Gasteiger partial charge in [0.25, 0.3) is 0 Å². The third kappa shape index (κ3) is 4.40. The Bertz CT molecular complexity index is 689. The molecule has 0 amide bonds. The molecule has 1 aromatic heterocycles. The van der Waals surface area contributed by atoms with Gasteiger partial charge in [0, 0.05) is 43.8 Å². The quantitative estimate of drug-likeness (QED) is 0.430. The predicted octanol–water partition coefficient (Wildman–Crippen LogP) is 3.77. The Labute approximate surface area is 159 Å². The molecular weight excluding hydrogens is 418 g/mol. The van der Waals surface area contributed by atoms with E-state index in [0.717, 1.165) is 54.4 Å². The van der Waals surface area contributed by atoms with Gasteiger partial charge in [-0.05, 0) is 48.9 Å². The summed E-state index contributed by atoms with van der Waals surface area (Å²) in [5.74, 6) is 1.60. The number of likely N-dealkylation sites (tertiary alicyclic amines) is 1. The Morgan fingerprint density at radius 2 is 2.12 bits per heavy atom. The van der Waals surface area contributed by atoms with Crippen molar-refractivity contribution < 1.29 is 4.39 Å². The lowest BCUT2D eigenvalue weighted by Crippen LogP contribution is -2.45. The summed E-state index contributed by atoms with van der Waals surface area (Å²) in [6, 6.07) is 4.87. The van der Waals surface area contributed by atoms with Crippen molar-refractivity contribution in [1.82, 2.24) is 15.2 Å². The number of nitrogens with one attached hydrogen (secondary N) is 2. The Morgan fingerprint density at radius 1 is 1.38 bits per heavy atom. The maximum absolute atomic E-state index is 13.4. The number of halogens is 2. The molecule has 132 valence electrons. The van der Waals surface area contributed by atoms with Crippen molar-refractivity contribution in [2.45, 2.75) is 26.2 Å². The molecule has 1 saturated heterocycles. The molecule has 1 fully saturated rings. The number of aromatic nitrogens is 1. The highest BCUT2D eigenvalue weighted by Gasteiger charge is 2.18. The number of rotatable bonds is 3. The van der Waals surface area contributed by atoms with Crippen molar-refractivity contribution in [3.63, 3.8) is 0 Å². The van der Waals surface area contributed by atoms with E-state index in [1.165, 1.54) is 18.9 Å². The molecule has 2 aromatic rings. The average Bonchev–Trinajstić information content (AvgIpc) is 2.95. The maximum Gasteiger partial charge on any atom is 0.193 e. The van der Waals surface area contributed by atoms with Crippen molar-refractivity contribution >= 4 is 40.8 Å². The summed E-state index contributed by atoms with van der Waals surface area (Å²) in [5.41, 5.74) is 2.12. The molecule has 1 aromatic carbocycles. The molecule has 0 unspecified atom stereocenters. The normalized spacial score (nSPS) is 16.3. The number of aliphatic imine (C=N–C) groups is 1. The Hall–Kier alpha value is -1.31. The fourth-order valence-electron chi connectivity index (χ4n) is 3.22. The van der Waals surface area contributed by atoms with Crippen LogP contribution in [0.2, 0.25) is 0 Å². The van der Waals surface area contributed by atoms with Crippen LogP contribution < -0.4 is 5.32 Å². The Morgan fingerprint density at radius 3 is 2.83 bits per heavy atom. The second kappa shape index (κ2) is 8.69. The lowest BCUT2D eigenvalue weighted by Gasteiger charge is -2.32. The van der Waals surface area contributed by atoms with Crippen molar-refractivity contribution in [1.29, 1.82) is 0 Å². The topological polar surface area (TPSA) is 43.4 Å². The molecular formula is C18H26FIN4. The van der Waals surface area contributed by atoms with Crippen LogP contribution in [0.25, 0.3) is 10.9 Å². The minimum Gasteiger partial charge on any atom is -0.361 e. The van der Waals surface area contributed by atoms with E-state index in [1.54, 1.807) is 12.1 Å². The smallest absolute Gasteiger partial charge is 0.193 e. The van der Waals surface area contributed by atoms with Gasteiger partial charge in [-0.2, -0.15) is 0 Å². The lowest BCUT2D eigenvalue weighted by atomic mass is 9.99. The summed E-state index contributed by atoms with van der Waals surface area (Å²) < 4.78 is 13.4. The summed E-state index contributed by atoms with van der Waals surface area (Å²) in [7, 11) is 1.83. The van der Waals surface area contributed by atoms with Crippen LogP contribution in [0.15, 0.2) is 29.4 Å². The lowest BCUT2D eigenvalue weighted by molar-refractivity contribution is 0.273. The SMILES string of the molecule is CN=C(NCCc1c[nH]c2ccc(F)cc12)N1CCC(C)CC1.I. The van der Waals surface area contributed by atoms with Gasteiger partial charge in [-0.25, -0.2) is 4.39 Å².